The Hall–Kier alpha value is -2.76. The number of carbonyl (C=O) groups excluding carboxylic acids is 1. The predicted molar refractivity (Wildman–Crippen MR) is 143 cm³/mol. The highest BCUT2D eigenvalue weighted by atomic mass is 32.2. The van der Waals surface area contributed by atoms with Crippen LogP contribution in [0.15, 0.2) is 30.3 Å². The summed E-state index contributed by atoms with van der Waals surface area (Å²) in [5.41, 5.74) is 1.85. The smallest absolute Gasteiger partial charge is 0.319 e. The lowest BCUT2D eigenvalue weighted by molar-refractivity contribution is 0.0985. The molecule has 1 aliphatic carbocycles. The molecular weight excluding hydrogens is 494 g/mol. The maximum atomic E-state index is 13.6. The van der Waals surface area contributed by atoms with E-state index in [1.54, 1.807) is 32.9 Å². The van der Waals surface area contributed by atoms with E-state index in [-0.39, 0.29) is 18.7 Å². The van der Waals surface area contributed by atoms with Crippen molar-refractivity contribution in [2.45, 2.75) is 62.5 Å². The highest BCUT2D eigenvalue weighted by molar-refractivity contribution is 7.94. The number of anilines is 2. The summed E-state index contributed by atoms with van der Waals surface area (Å²) in [6.45, 7) is 9.46. The molecule has 1 saturated heterocycles. The molecule has 2 heterocycles. The second-order valence-corrected chi connectivity index (χ2v) is 13.7. The van der Waals surface area contributed by atoms with Crippen LogP contribution in [0.25, 0.3) is 11.4 Å². The number of benzene rings is 1. The van der Waals surface area contributed by atoms with Crippen molar-refractivity contribution in [3.63, 3.8) is 0 Å². The first kappa shape index (κ1) is 27.3. The Labute approximate surface area is 218 Å². The van der Waals surface area contributed by atoms with Crippen LogP contribution in [0.4, 0.5) is 16.3 Å². The predicted octanol–water partition coefficient (Wildman–Crippen LogP) is 3.08. The number of nitrogens with zero attached hydrogens (tertiary/aromatic N) is 3. The average Bonchev–Trinajstić information content (AvgIpc) is 3.67. The van der Waals surface area contributed by atoms with E-state index in [1.165, 1.54) is 0 Å². The number of hydrogen-bond acceptors (Lipinski definition) is 8. The van der Waals surface area contributed by atoms with Crippen molar-refractivity contribution in [2.24, 2.45) is 0 Å². The summed E-state index contributed by atoms with van der Waals surface area (Å²) >= 11 is 0. The van der Waals surface area contributed by atoms with Crippen LogP contribution in [0.3, 0.4) is 0 Å². The first-order valence-corrected chi connectivity index (χ1v) is 14.2. The molecular formula is C26H37N5O5S. The Morgan fingerprint density at radius 1 is 1.22 bits per heavy atom. The molecule has 1 saturated carbocycles. The number of aliphatic hydroxyl groups is 1. The van der Waals surface area contributed by atoms with Gasteiger partial charge in [0.15, 0.2) is 15.7 Å². The number of hydrogen-bond donors (Lipinski definition) is 3. The molecule has 1 aromatic carbocycles. The van der Waals surface area contributed by atoms with Crippen molar-refractivity contribution in [2.75, 3.05) is 43.1 Å². The molecule has 4 rings (SSSR count). The number of amides is 2. The molecule has 3 N–H and O–H groups in total. The Bertz CT molecular complexity index is 1220. The summed E-state index contributed by atoms with van der Waals surface area (Å²) in [7, 11) is -3.51. The van der Waals surface area contributed by atoms with Gasteiger partial charge in [0.1, 0.15) is 10.6 Å². The van der Waals surface area contributed by atoms with Gasteiger partial charge in [-0.05, 0) is 71.2 Å². The number of morpholine rings is 1. The summed E-state index contributed by atoms with van der Waals surface area (Å²) in [5.74, 6) is 1.14. The van der Waals surface area contributed by atoms with Gasteiger partial charge in [0, 0.05) is 37.0 Å². The molecule has 37 heavy (non-hydrogen) atoms. The minimum atomic E-state index is -3.51. The van der Waals surface area contributed by atoms with E-state index >= 15 is 0 Å². The van der Waals surface area contributed by atoms with Gasteiger partial charge in [-0.3, -0.25) is 0 Å². The third kappa shape index (κ3) is 5.58. The second kappa shape index (κ2) is 10.5. The summed E-state index contributed by atoms with van der Waals surface area (Å²) in [5, 5.41) is 14.3. The third-order valence-corrected chi connectivity index (χ3v) is 10.1. The highest BCUT2D eigenvalue weighted by Gasteiger charge is 2.61. The zero-order valence-electron chi connectivity index (χ0n) is 22.0. The average molecular weight is 532 g/mol. The van der Waals surface area contributed by atoms with Crippen molar-refractivity contribution >= 4 is 27.4 Å². The molecule has 0 spiro atoms. The maximum absolute atomic E-state index is 13.6. The minimum absolute atomic E-state index is 0.0115. The fourth-order valence-electron chi connectivity index (χ4n) is 4.53. The number of ether oxygens (including phenoxy) is 1. The number of rotatable bonds is 8. The molecule has 2 aliphatic rings. The number of sulfone groups is 1. The molecule has 1 aliphatic heterocycles. The van der Waals surface area contributed by atoms with Crippen molar-refractivity contribution < 1.29 is 23.1 Å². The molecule has 0 unspecified atom stereocenters. The molecule has 11 heteroatoms. The summed E-state index contributed by atoms with van der Waals surface area (Å²) in [4.78, 5) is 23.8. The highest BCUT2D eigenvalue weighted by Crippen LogP contribution is 2.56. The van der Waals surface area contributed by atoms with E-state index < -0.39 is 19.3 Å². The molecule has 202 valence electrons. The van der Waals surface area contributed by atoms with E-state index in [2.05, 4.69) is 22.5 Å². The van der Waals surface area contributed by atoms with Crippen molar-refractivity contribution in [1.29, 1.82) is 0 Å². The lowest BCUT2D eigenvalue weighted by Gasteiger charge is -2.35. The lowest BCUT2D eigenvalue weighted by Crippen LogP contribution is -2.44. The van der Waals surface area contributed by atoms with Crippen LogP contribution in [0.2, 0.25) is 0 Å². The van der Waals surface area contributed by atoms with E-state index in [1.807, 2.05) is 18.2 Å². The SMILES string of the molecule is C[C@H]1COCCN1c1cc(C2(S(=O)(=O)C(C)(C)C)CC2)nc(-c2ccc(NC(=O)NCCCO)cc2)n1. The zero-order valence-corrected chi connectivity index (χ0v) is 22.8. The Kier molecular flexibility index (Phi) is 7.77. The van der Waals surface area contributed by atoms with Crippen LogP contribution in [0.5, 0.6) is 0 Å². The summed E-state index contributed by atoms with van der Waals surface area (Å²) in [6, 6.07) is 8.72. The van der Waals surface area contributed by atoms with E-state index in [0.29, 0.717) is 68.6 Å². The number of aromatic nitrogens is 2. The van der Waals surface area contributed by atoms with Crippen LogP contribution >= 0.6 is 0 Å². The van der Waals surface area contributed by atoms with E-state index in [9.17, 15) is 13.2 Å². The minimum Gasteiger partial charge on any atom is -0.396 e. The van der Waals surface area contributed by atoms with Crippen molar-refractivity contribution in [1.82, 2.24) is 15.3 Å². The molecule has 2 fully saturated rings. The van der Waals surface area contributed by atoms with E-state index in [0.717, 1.165) is 5.56 Å². The fraction of sp³-hybridized carbons (Fsp3) is 0.577. The van der Waals surface area contributed by atoms with Gasteiger partial charge < -0.3 is 25.4 Å². The normalized spacial score (nSPS) is 19.4. The van der Waals surface area contributed by atoms with Gasteiger partial charge in [-0.1, -0.05) is 0 Å². The van der Waals surface area contributed by atoms with Gasteiger partial charge in [-0.15, -0.1) is 0 Å². The van der Waals surface area contributed by atoms with Crippen LogP contribution in [0, 0.1) is 0 Å². The number of carbonyl (C=O) groups is 1. The molecule has 1 aromatic heterocycles. The van der Waals surface area contributed by atoms with Gasteiger partial charge in [0.25, 0.3) is 0 Å². The Morgan fingerprint density at radius 2 is 1.92 bits per heavy atom. The Balaban J connectivity index is 1.69. The zero-order chi connectivity index (χ0) is 26.8. The molecule has 2 amide bonds. The van der Waals surface area contributed by atoms with Crippen molar-refractivity contribution in [3.05, 3.63) is 36.0 Å². The number of aliphatic hydroxyl groups excluding tert-OH is 1. The van der Waals surface area contributed by atoms with Crippen LogP contribution in [0.1, 0.15) is 52.7 Å². The standard InChI is InChI=1S/C26H37N5O5S/c1-18-17-36-15-13-31(18)22-16-21(26(10-11-26)37(34,35)25(2,3)4)29-23(30-22)19-6-8-20(9-7-19)28-24(33)27-12-5-14-32/h6-9,16,18,32H,5,10-15,17H2,1-4H3,(H2,27,28,33)/t18-/m0/s1. The third-order valence-electron chi connectivity index (χ3n) is 6.89. The van der Waals surface area contributed by atoms with Gasteiger partial charge in [0.05, 0.1) is 29.7 Å². The van der Waals surface area contributed by atoms with Crippen molar-refractivity contribution in [3.8, 4) is 11.4 Å². The summed E-state index contributed by atoms with van der Waals surface area (Å²) in [6.07, 6.45) is 1.56. The lowest BCUT2D eigenvalue weighted by atomic mass is 10.1. The molecule has 2 aromatic rings. The monoisotopic (exact) mass is 531 g/mol. The second-order valence-electron chi connectivity index (χ2n) is 10.7. The first-order chi connectivity index (χ1) is 17.5. The van der Waals surface area contributed by atoms with Crippen LogP contribution < -0.4 is 15.5 Å². The topological polar surface area (TPSA) is 134 Å². The number of nitrogens with one attached hydrogen (secondary N) is 2. The molecule has 1 atom stereocenters. The van der Waals surface area contributed by atoms with Crippen LogP contribution in [-0.4, -0.2) is 73.2 Å². The maximum Gasteiger partial charge on any atom is 0.319 e. The molecule has 0 radical (unpaired) electrons. The van der Waals surface area contributed by atoms with Gasteiger partial charge in [0.2, 0.25) is 0 Å². The van der Waals surface area contributed by atoms with Gasteiger partial charge in [-0.25, -0.2) is 23.2 Å². The quantitative estimate of drug-likeness (QED) is 0.443. The fourth-order valence-corrected chi connectivity index (χ4v) is 6.72. The van der Waals surface area contributed by atoms with E-state index in [4.69, 9.17) is 19.8 Å². The number of urea groups is 1. The Morgan fingerprint density at radius 3 is 2.51 bits per heavy atom. The summed E-state index contributed by atoms with van der Waals surface area (Å²) < 4.78 is 30.9. The molecule has 0 bridgehead atoms. The van der Waals surface area contributed by atoms with Gasteiger partial charge >= 0.3 is 6.03 Å². The first-order valence-electron chi connectivity index (χ1n) is 12.7. The van der Waals surface area contributed by atoms with Crippen LogP contribution in [-0.2, 0) is 19.3 Å². The van der Waals surface area contributed by atoms with Gasteiger partial charge in [-0.2, -0.15) is 0 Å². The largest absolute Gasteiger partial charge is 0.396 e. The molecule has 10 nitrogen and oxygen atoms in total.